The standard InChI is InChI=1S/C6H5BrN2/c1-2-6-5(7)3-8-4-9-6/h2-4H,1H2. The van der Waals surface area contributed by atoms with Crippen LogP contribution in [0.5, 0.6) is 0 Å². The molecule has 0 aliphatic heterocycles. The Hall–Kier alpha value is -0.700. The third-order valence-electron chi connectivity index (χ3n) is 0.889. The van der Waals surface area contributed by atoms with Crippen molar-refractivity contribution in [1.82, 2.24) is 9.97 Å². The van der Waals surface area contributed by atoms with Crippen molar-refractivity contribution < 1.29 is 0 Å². The van der Waals surface area contributed by atoms with Gasteiger partial charge in [-0.3, -0.25) is 0 Å². The molecule has 0 saturated carbocycles. The van der Waals surface area contributed by atoms with Crippen LogP contribution >= 0.6 is 15.9 Å². The fourth-order valence-electron chi connectivity index (χ4n) is 0.472. The summed E-state index contributed by atoms with van der Waals surface area (Å²) in [6.45, 7) is 3.57. The van der Waals surface area contributed by atoms with Gasteiger partial charge in [0.2, 0.25) is 0 Å². The van der Waals surface area contributed by atoms with Gasteiger partial charge in [0.25, 0.3) is 0 Å². The van der Waals surface area contributed by atoms with Crippen molar-refractivity contribution in [2.24, 2.45) is 0 Å². The van der Waals surface area contributed by atoms with Crippen LogP contribution in [-0.4, -0.2) is 9.97 Å². The topological polar surface area (TPSA) is 25.8 Å². The van der Waals surface area contributed by atoms with E-state index in [-0.39, 0.29) is 0 Å². The fraction of sp³-hybridized carbons (Fsp3) is 0. The third-order valence-corrected chi connectivity index (χ3v) is 1.50. The molecule has 9 heavy (non-hydrogen) atoms. The first-order chi connectivity index (χ1) is 4.34. The molecule has 0 N–H and O–H groups in total. The van der Waals surface area contributed by atoms with Crippen LogP contribution in [0.15, 0.2) is 23.6 Å². The van der Waals surface area contributed by atoms with Gasteiger partial charge in [-0.25, -0.2) is 9.97 Å². The first kappa shape index (κ1) is 6.42. The highest BCUT2D eigenvalue weighted by molar-refractivity contribution is 9.10. The van der Waals surface area contributed by atoms with E-state index in [2.05, 4.69) is 32.5 Å². The molecule has 1 aromatic heterocycles. The molecule has 0 atom stereocenters. The number of halogens is 1. The molecule has 0 aromatic carbocycles. The molecule has 0 aliphatic carbocycles. The quantitative estimate of drug-likeness (QED) is 0.667. The second-order valence-corrected chi connectivity index (χ2v) is 2.31. The highest BCUT2D eigenvalue weighted by atomic mass is 79.9. The van der Waals surface area contributed by atoms with Crippen LogP contribution in [0, 0.1) is 0 Å². The zero-order valence-electron chi connectivity index (χ0n) is 4.71. The van der Waals surface area contributed by atoms with Gasteiger partial charge in [-0.15, -0.1) is 0 Å². The predicted octanol–water partition coefficient (Wildman–Crippen LogP) is 1.88. The maximum atomic E-state index is 3.92. The molecule has 1 aromatic rings. The van der Waals surface area contributed by atoms with Crippen molar-refractivity contribution in [1.29, 1.82) is 0 Å². The van der Waals surface area contributed by atoms with E-state index in [0.717, 1.165) is 10.2 Å². The van der Waals surface area contributed by atoms with Crippen LogP contribution in [0.1, 0.15) is 5.69 Å². The summed E-state index contributed by atoms with van der Waals surface area (Å²) in [6, 6.07) is 0. The lowest BCUT2D eigenvalue weighted by Crippen LogP contribution is -1.82. The average molecular weight is 185 g/mol. The molecule has 46 valence electrons. The molecule has 0 spiro atoms. The van der Waals surface area contributed by atoms with E-state index in [0.29, 0.717) is 0 Å². The Morgan fingerprint density at radius 3 is 2.89 bits per heavy atom. The molecule has 1 rings (SSSR count). The monoisotopic (exact) mass is 184 g/mol. The van der Waals surface area contributed by atoms with E-state index in [1.165, 1.54) is 6.33 Å². The lowest BCUT2D eigenvalue weighted by molar-refractivity contribution is 1.13. The van der Waals surface area contributed by atoms with Crippen molar-refractivity contribution in [2.45, 2.75) is 0 Å². The minimum atomic E-state index is 0.824. The van der Waals surface area contributed by atoms with Crippen molar-refractivity contribution >= 4 is 22.0 Å². The van der Waals surface area contributed by atoms with Gasteiger partial charge in [0.05, 0.1) is 10.2 Å². The van der Waals surface area contributed by atoms with Crippen LogP contribution in [0.4, 0.5) is 0 Å². The predicted molar refractivity (Wildman–Crippen MR) is 39.8 cm³/mol. The average Bonchev–Trinajstić information content (AvgIpc) is 1.89. The summed E-state index contributed by atoms with van der Waals surface area (Å²) in [5, 5.41) is 0. The van der Waals surface area contributed by atoms with Gasteiger partial charge < -0.3 is 0 Å². The molecule has 0 fully saturated rings. The van der Waals surface area contributed by atoms with Crippen molar-refractivity contribution in [2.75, 3.05) is 0 Å². The number of hydrogen-bond acceptors (Lipinski definition) is 2. The molecule has 0 unspecified atom stereocenters. The normalized spacial score (nSPS) is 9.00. The smallest absolute Gasteiger partial charge is 0.116 e. The molecule has 0 bridgehead atoms. The molecule has 1 heterocycles. The van der Waals surface area contributed by atoms with E-state index >= 15 is 0 Å². The molecule has 0 saturated heterocycles. The first-order valence-electron chi connectivity index (χ1n) is 2.42. The molecular formula is C6H5BrN2. The van der Waals surface area contributed by atoms with Crippen LogP contribution in [0.25, 0.3) is 6.08 Å². The first-order valence-corrected chi connectivity index (χ1v) is 3.22. The zero-order chi connectivity index (χ0) is 6.69. The Bertz CT molecular complexity index is 222. The highest BCUT2D eigenvalue weighted by Gasteiger charge is 1.91. The number of rotatable bonds is 1. The third kappa shape index (κ3) is 1.36. The summed E-state index contributed by atoms with van der Waals surface area (Å²) in [4.78, 5) is 7.71. The summed E-state index contributed by atoms with van der Waals surface area (Å²) >= 11 is 3.26. The van der Waals surface area contributed by atoms with Crippen LogP contribution < -0.4 is 0 Å². The maximum absolute atomic E-state index is 3.92. The van der Waals surface area contributed by atoms with Gasteiger partial charge >= 0.3 is 0 Å². The van der Waals surface area contributed by atoms with Crippen LogP contribution in [-0.2, 0) is 0 Å². The van der Waals surface area contributed by atoms with E-state index < -0.39 is 0 Å². The van der Waals surface area contributed by atoms with Gasteiger partial charge in [0.15, 0.2) is 0 Å². The molecule has 0 amide bonds. The van der Waals surface area contributed by atoms with Gasteiger partial charge in [0.1, 0.15) is 6.33 Å². The van der Waals surface area contributed by atoms with Gasteiger partial charge in [-0.2, -0.15) is 0 Å². The Kier molecular flexibility index (Phi) is 1.95. The summed E-state index contributed by atoms with van der Waals surface area (Å²) < 4.78 is 0.875. The van der Waals surface area contributed by atoms with Gasteiger partial charge in [0, 0.05) is 6.20 Å². The van der Waals surface area contributed by atoms with Crippen molar-refractivity contribution in [3.63, 3.8) is 0 Å². The van der Waals surface area contributed by atoms with E-state index in [1.807, 2.05) is 0 Å². The summed E-state index contributed by atoms with van der Waals surface area (Å²) in [5.41, 5.74) is 0.824. The second kappa shape index (κ2) is 2.73. The number of aromatic nitrogens is 2. The summed E-state index contributed by atoms with van der Waals surface area (Å²) in [5.74, 6) is 0. The Labute approximate surface area is 61.8 Å². The molecule has 0 radical (unpaired) electrons. The molecule has 3 heteroatoms. The zero-order valence-corrected chi connectivity index (χ0v) is 6.30. The Morgan fingerprint density at radius 1 is 1.67 bits per heavy atom. The van der Waals surface area contributed by atoms with Crippen LogP contribution in [0.3, 0.4) is 0 Å². The fourth-order valence-corrected chi connectivity index (χ4v) is 0.855. The van der Waals surface area contributed by atoms with E-state index in [4.69, 9.17) is 0 Å². The minimum absolute atomic E-state index is 0.824. The van der Waals surface area contributed by atoms with Gasteiger partial charge in [-0.05, 0) is 22.0 Å². The summed E-state index contributed by atoms with van der Waals surface area (Å²) in [6.07, 6.45) is 4.84. The van der Waals surface area contributed by atoms with E-state index in [9.17, 15) is 0 Å². The summed E-state index contributed by atoms with van der Waals surface area (Å²) in [7, 11) is 0. The highest BCUT2D eigenvalue weighted by Crippen LogP contribution is 2.11. The Balaban J connectivity index is 3.15. The number of hydrogen-bond donors (Lipinski definition) is 0. The van der Waals surface area contributed by atoms with Crippen molar-refractivity contribution in [3.8, 4) is 0 Å². The Morgan fingerprint density at radius 2 is 2.44 bits per heavy atom. The maximum Gasteiger partial charge on any atom is 0.116 e. The van der Waals surface area contributed by atoms with Gasteiger partial charge in [-0.1, -0.05) is 6.58 Å². The van der Waals surface area contributed by atoms with E-state index in [1.54, 1.807) is 12.3 Å². The lowest BCUT2D eigenvalue weighted by Gasteiger charge is -1.91. The number of nitrogens with zero attached hydrogens (tertiary/aromatic N) is 2. The molecular weight excluding hydrogens is 180 g/mol. The second-order valence-electron chi connectivity index (χ2n) is 1.46. The molecule has 0 aliphatic rings. The SMILES string of the molecule is C=Cc1ncncc1Br. The van der Waals surface area contributed by atoms with Crippen molar-refractivity contribution in [3.05, 3.63) is 29.3 Å². The minimum Gasteiger partial charge on any atom is -0.244 e. The van der Waals surface area contributed by atoms with Crippen LogP contribution in [0.2, 0.25) is 0 Å². The molecule has 2 nitrogen and oxygen atoms in total. The lowest BCUT2D eigenvalue weighted by atomic mass is 10.4. The largest absolute Gasteiger partial charge is 0.244 e.